The molecule has 0 atom stereocenters. The van der Waals surface area contributed by atoms with Crippen molar-refractivity contribution in [1.82, 2.24) is 9.97 Å². The summed E-state index contributed by atoms with van der Waals surface area (Å²) in [6.45, 7) is 4.34. The molecule has 0 aliphatic carbocycles. The molecule has 2 N–H and O–H groups in total. The first kappa shape index (κ1) is 20.0. The molecular weight excluding hydrogens is 369 g/mol. The zero-order valence-electron chi connectivity index (χ0n) is 14.2. The molecule has 9 heteroatoms. The summed E-state index contributed by atoms with van der Waals surface area (Å²) in [5.41, 5.74) is -0.912. The van der Waals surface area contributed by atoms with Crippen molar-refractivity contribution in [2.45, 2.75) is 32.9 Å². The van der Waals surface area contributed by atoms with Gasteiger partial charge in [0.1, 0.15) is 5.69 Å². The lowest BCUT2D eigenvalue weighted by molar-refractivity contribution is -0.136. The molecule has 1 heterocycles. The molecule has 0 aliphatic rings. The lowest BCUT2D eigenvalue weighted by Crippen LogP contribution is -2.19. The van der Waals surface area contributed by atoms with E-state index in [1.165, 1.54) is 12.1 Å². The van der Waals surface area contributed by atoms with Gasteiger partial charge in [-0.2, -0.15) is 13.2 Å². The standard InChI is InChI=1S/C17H18ClF3N4O/c1-3-4-7-22-16-23-10(2)8-14(25-16)15(26)24-13-6-5-11(18)9-12(13)17(19,20)21/h5-6,8-9H,3-4,7H2,1-2H3,(H,24,26)(H,22,23,25). The Balaban J connectivity index is 2.25. The number of alkyl halides is 3. The number of anilines is 2. The van der Waals surface area contributed by atoms with E-state index in [1.807, 2.05) is 6.92 Å². The normalized spacial score (nSPS) is 11.3. The maximum absolute atomic E-state index is 13.1. The van der Waals surface area contributed by atoms with Crippen LogP contribution in [0.2, 0.25) is 5.02 Å². The summed E-state index contributed by atoms with van der Waals surface area (Å²) in [7, 11) is 0. The SMILES string of the molecule is CCCCNc1nc(C)cc(C(=O)Nc2ccc(Cl)cc2C(F)(F)F)n1. The van der Waals surface area contributed by atoms with Gasteiger partial charge in [0.15, 0.2) is 0 Å². The highest BCUT2D eigenvalue weighted by Gasteiger charge is 2.34. The topological polar surface area (TPSA) is 66.9 Å². The van der Waals surface area contributed by atoms with Crippen LogP contribution in [0.1, 0.15) is 41.5 Å². The van der Waals surface area contributed by atoms with Crippen molar-refractivity contribution in [2.75, 3.05) is 17.2 Å². The first-order valence-electron chi connectivity index (χ1n) is 7.98. The van der Waals surface area contributed by atoms with Crippen LogP contribution in [0.5, 0.6) is 0 Å². The third kappa shape index (κ3) is 5.32. The molecule has 2 rings (SSSR count). The number of nitrogens with one attached hydrogen (secondary N) is 2. The monoisotopic (exact) mass is 386 g/mol. The van der Waals surface area contributed by atoms with Crippen molar-refractivity contribution in [1.29, 1.82) is 0 Å². The lowest BCUT2D eigenvalue weighted by atomic mass is 10.1. The number of halogens is 4. The molecule has 2 aromatic rings. The Morgan fingerprint density at radius 2 is 1.96 bits per heavy atom. The van der Waals surface area contributed by atoms with Gasteiger partial charge in [-0.3, -0.25) is 4.79 Å². The van der Waals surface area contributed by atoms with Gasteiger partial charge in [0.05, 0.1) is 11.3 Å². The zero-order chi connectivity index (χ0) is 19.3. The summed E-state index contributed by atoms with van der Waals surface area (Å²) in [4.78, 5) is 20.6. The van der Waals surface area contributed by atoms with E-state index in [2.05, 4.69) is 20.6 Å². The van der Waals surface area contributed by atoms with Gasteiger partial charge in [0, 0.05) is 17.3 Å². The van der Waals surface area contributed by atoms with Crippen molar-refractivity contribution in [3.63, 3.8) is 0 Å². The van der Waals surface area contributed by atoms with E-state index in [-0.39, 0.29) is 22.4 Å². The van der Waals surface area contributed by atoms with Crippen LogP contribution in [0.25, 0.3) is 0 Å². The van der Waals surface area contributed by atoms with Crippen molar-refractivity contribution in [3.05, 3.63) is 46.2 Å². The summed E-state index contributed by atoms with van der Waals surface area (Å²) in [6, 6.07) is 4.55. The average Bonchev–Trinajstić information content (AvgIpc) is 2.55. The highest BCUT2D eigenvalue weighted by Crippen LogP contribution is 2.36. The third-order valence-electron chi connectivity index (χ3n) is 3.44. The van der Waals surface area contributed by atoms with Gasteiger partial charge in [0.25, 0.3) is 5.91 Å². The fourth-order valence-electron chi connectivity index (χ4n) is 2.19. The first-order chi connectivity index (χ1) is 12.2. The quantitative estimate of drug-likeness (QED) is 0.691. The van der Waals surface area contributed by atoms with Crippen LogP contribution >= 0.6 is 11.6 Å². The minimum absolute atomic E-state index is 0.0282. The van der Waals surface area contributed by atoms with Crippen LogP contribution in [-0.2, 0) is 6.18 Å². The Morgan fingerprint density at radius 3 is 2.62 bits per heavy atom. The number of nitrogens with zero attached hydrogens (tertiary/aromatic N) is 2. The smallest absolute Gasteiger partial charge is 0.354 e. The molecule has 26 heavy (non-hydrogen) atoms. The molecule has 0 aliphatic heterocycles. The number of hydrogen-bond acceptors (Lipinski definition) is 4. The zero-order valence-corrected chi connectivity index (χ0v) is 15.0. The first-order valence-corrected chi connectivity index (χ1v) is 8.36. The van der Waals surface area contributed by atoms with E-state index >= 15 is 0 Å². The number of aryl methyl sites for hydroxylation is 1. The van der Waals surface area contributed by atoms with Gasteiger partial charge in [-0.25, -0.2) is 9.97 Å². The maximum atomic E-state index is 13.1. The number of carbonyl (C=O) groups is 1. The highest BCUT2D eigenvalue weighted by atomic mass is 35.5. The molecule has 0 unspecified atom stereocenters. The Morgan fingerprint density at radius 1 is 1.23 bits per heavy atom. The van der Waals surface area contributed by atoms with Crippen LogP contribution in [0, 0.1) is 6.92 Å². The van der Waals surface area contributed by atoms with E-state index < -0.39 is 17.6 Å². The summed E-state index contributed by atoms with van der Waals surface area (Å²) in [5, 5.41) is 5.16. The minimum atomic E-state index is -4.65. The summed E-state index contributed by atoms with van der Waals surface area (Å²) >= 11 is 5.64. The van der Waals surface area contributed by atoms with Gasteiger partial charge in [-0.15, -0.1) is 0 Å². The summed E-state index contributed by atoms with van der Waals surface area (Å²) < 4.78 is 39.4. The number of carbonyl (C=O) groups excluding carboxylic acids is 1. The van der Waals surface area contributed by atoms with Crippen LogP contribution in [0.15, 0.2) is 24.3 Å². The second kappa shape index (κ2) is 8.35. The Hall–Kier alpha value is -2.35. The molecule has 0 bridgehead atoms. The van der Waals surface area contributed by atoms with Crippen molar-refractivity contribution in [3.8, 4) is 0 Å². The van der Waals surface area contributed by atoms with E-state index in [9.17, 15) is 18.0 Å². The highest BCUT2D eigenvalue weighted by molar-refractivity contribution is 6.30. The van der Waals surface area contributed by atoms with Crippen molar-refractivity contribution < 1.29 is 18.0 Å². The predicted octanol–water partition coefficient (Wildman–Crippen LogP) is 4.92. The minimum Gasteiger partial charge on any atom is -0.354 e. The van der Waals surface area contributed by atoms with Gasteiger partial charge in [-0.05, 0) is 37.6 Å². The van der Waals surface area contributed by atoms with Crippen molar-refractivity contribution >= 4 is 29.1 Å². The van der Waals surface area contributed by atoms with Crippen LogP contribution in [-0.4, -0.2) is 22.4 Å². The van der Waals surface area contributed by atoms with Gasteiger partial charge in [-0.1, -0.05) is 24.9 Å². The van der Waals surface area contributed by atoms with Gasteiger partial charge in [0.2, 0.25) is 5.95 Å². The number of unbranched alkanes of at least 4 members (excludes halogenated alkanes) is 1. The Kier molecular flexibility index (Phi) is 6.42. The number of benzene rings is 1. The van der Waals surface area contributed by atoms with E-state index in [4.69, 9.17) is 11.6 Å². The van der Waals surface area contributed by atoms with Gasteiger partial charge >= 0.3 is 6.18 Å². The molecule has 1 aromatic heterocycles. The molecule has 1 aromatic carbocycles. The molecule has 140 valence electrons. The molecule has 1 amide bonds. The number of amides is 1. The van der Waals surface area contributed by atoms with E-state index in [1.54, 1.807) is 6.92 Å². The molecule has 0 fully saturated rings. The molecule has 0 saturated heterocycles. The summed E-state index contributed by atoms with van der Waals surface area (Å²) in [6.07, 6.45) is -2.77. The number of aromatic nitrogens is 2. The molecule has 0 spiro atoms. The fraction of sp³-hybridized carbons (Fsp3) is 0.353. The largest absolute Gasteiger partial charge is 0.418 e. The lowest BCUT2D eigenvalue weighted by Gasteiger charge is -2.14. The average molecular weight is 387 g/mol. The van der Waals surface area contributed by atoms with E-state index in [0.717, 1.165) is 25.0 Å². The molecule has 5 nitrogen and oxygen atoms in total. The summed E-state index contributed by atoms with van der Waals surface area (Å²) in [5.74, 6) is -0.502. The number of rotatable bonds is 6. The van der Waals surface area contributed by atoms with E-state index in [0.29, 0.717) is 12.2 Å². The molecule has 0 radical (unpaired) electrons. The molecular formula is C17H18ClF3N4O. The van der Waals surface area contributed by atoms with Crippen molar-refractivity contribution in [2.24, 2.45) is 0 Å². The van der Waals surface area contributed by atoms with Gasteiger partial charge < -0.3 is 10.6 Å². The van der Waals surface area contributed by atoms with Crippen LogP contribution in [0.4, 0.5) is 24.8 Å². The molecule has 0 saturated carbocycles. The second-order valence-electron chi connectivity index (χ2n) is 5.64. The fourth-order valence-corrected chi connectivity index (χ4v) is 2.36. The van der Waals surface area contributed by atoms with Crippen LogP contribution < -0.4 is 10.6 Å². The number of hydrogen-bond donors (Lipinski definition) is 2. The third-order valence-corrected chi connectivity index (χ3v) is 3.67. The maximum Gasteiger partial charge on any atom is 0.418 e. The van der Waals surface area contributed by atoms with Crippen LogP contribution in [0.3, 0.4) is 0 Å². The Bertz CT molecular complexity index is 796. The second-order valence-corrected chi connectivity index (χ2v) is 6.08. The predicted molar refractivity (Wildman–Crippen MR) is 94.6 cm³/mol. The Labute approximate surface area is 154 Å².